The van der Waals surface area contributed by atoms with Crippen molar-refractivity contribution >= 4 is 23.6 Å². The normalized spacial score (nSPS) is 11.4. The number of carbonyl (C=O) groups excluding carboxylic acids is 4. The lowest BCUT2D eigenvalue weighted by Gasteiger charge is -2.18. The maximum Gasteiger partial charge on any atom is 0.340 e. The van der Waals surface area contributed by atoms with Crippen LogP contribution in [0.5, 0.6) is 0 Å². The van der Waals surface area contributed by atoms with Gasteiger partial charge in [0.2, 0.25) is 5.78 Å². The Morgan fingerprint density at radius 1 is 0.914 bits per heavy atom. The predicted octanol–water partition coefficient (Wildman–Crippen LogP) is 3.58. The molecule has 0 spiro atoms. The summed E-state index contributed by atoms with van der Waals surface area (Å²) >= 11 is 0. The largest absolute Gasteiger partial charge is 0.462 e. The van der Waals surface area contributed by atoms with Crippen LogP contribution in [0.1, 0.15) is 54.9 Å². The minimum atomic E-state index is -1.00. The fraction of sp³-hybridized carbons (Fsp3) is 0.259. The summed E-state index contributed by atoms with van der Waals surface area (Å²) in [6, 6.07) is 16.7. The number of benzene rings is 2. The highest BCUT2D eigenvalue weighted by molar-refractivity contribution is 6.03. The molecule has 0 saturated heterocycles. The summed E-state index contributed by atoms with van der Waals surface area (Å²) in [6.07, 6.45) is 0.195. The molecule has 182 valence electrons. The fourth-order valence-corrected chi connectivity index (χ4v) is 3.72. The monoisotopic (exact) mass is 476 g/mol. The molecule has 0 unspecified atom stereocenters. The third-order valence-corrected chi connectivity index (χ3v) is 5.45. The van der Waals surface area contributed by atoms with Crippen molar-refractivity contribution in [1.82, 2.24) is 10.3 Å². The molecule has 2 aromatic carbocycles. The number of ketones is 1. The molecular formula is C27H28N2O6. The predicted molar refractivity (Wildman–Crippen MR) is 129 cm³/mol. The van der Waals surface area contributed by atoms with Crippen LogP contribution in [0.4, 0.5) is 0 Å². The first-order chi connectivity index (χ1) is 16.8. The number of hydrogen-bond acceptors (Lipinski definition) is 6. The van der Waals surface area contributed by atoms with Crippen molar-refractivity contribution in [3.05, 3.63) is 94.3 Å². The lowest BCUT2D eigenvalue weighted by Crippen LogP contribution is -2.43. The van der Waals surface area contributed by atoms with Gasteiger partial charge in [-0.05, 0) is 44.0 Å². The number of esters is 2. The van der Waals surface area contributed by atoms with Crippen molar-refractivity contribution in [3.8, 4) is 0 Å². The van der Waals surface area contributed by atoms with Crippen molar-refractivity contribution in [2.45, 2.75) is 33.2 Å². The third-order valence-electron chi connectivity index (χ3n) is 5.45. The molecule has 2 N–H and O–H groups in total. The summed E-state index contributed by atoms with van der Waals surface area (Å²) in [5.74, 6) is -2.19. The number of aryl methyl sites for hydroxylation is 1. The molecule has 3 rings (SSSR count). The van der Waals surface area contributed by atoms with E-state index in [-0.39, 0.29) is 18.7 Å². The molecule has 8 heteroatoms. The van der Waals surface area contributed by atoms with Gasteiger partial charge >= 0.3 is 11.9 Å². The zero-order chi connectivity index (χ0) is 25.4. The van der Waals surface area contributed by atoms with Gasteiger partial charge in [0, 0.05) is 17.7 Å². The Balaban J connectivity index is 1.72. The Morgan fingerprint density at radius 2 is 1.54 bits per heavy atom. The van der Waals surface area contributed by atoms with Crippen LogP contribution in [-0.4, -0.2) is 47.9 Å². The Kier molecular flexibility index (Phi) is 8.56. The molecular weight excluding hydrogens is 448 g/mol. The topological polar surface area (TPSA) is 115 Å². The van der Waals surface area contributed by atoms with Crippen molar-refractivity contribution < 1.29 is 28.7 Å². The number of carbonyl (C=O) groups is 4. The lowest BCUT2D eigenvalue weighted by atomic mass is 10.1. The molecule has 0 aliphatic rings. The molecule has 0 radical (unpaired) electrons. The summed E-state index contributed by atoms with van der Waals surface area (Å²) in [4.78, 5) is 53.5. The average molecular weight is 477 g/mol. The number of hydrogen-bond donors (Lipinski definition) is 2. The van der Waals surface area contributed by atoms with E-state index in [0.717, 1.165) is 5.56 Å². The van der Waals surface area contributed by atoms with Crippen LogP contribution in [0.15, 0.2) is 60.7 Å². The summed E-state index contributed by atoms with van der Waals surface area (Å²) in [5.41, 5.74) is 2.61. The van der Waals surface area contributed by atoms with Gasteiger partial charge in [-0.2, -0.15) is 0 Å². The van der Waals surface area contributed by atoms with Gasteiger partial charge < -0.3 is 19.8 Å². The molecule has 0 fully saturated rings. The fourth-order valence-electron chi connectivity index (χ4n) is 3.72. The summed E-state index contributed by atoms with van der Waals surface area (Å²) in [5, 5.41) is 2.70. The van der Waals surface area contributed by atoms with Crippen LogP contribution in [0, 0.1) is 13.8 Å². The minimum absolute atomic E-state index is 0.172. The van der Waals surface area contributed by atoms with Crippen LogP contribution >= 0.6 is 0 Å². The average Bonchev–Trinajstić information content (AvgIpc) is 3.17. The van der Waals surface area contributed by atoms with Gasteiger partial charge in [0.25, 0.3) is 5.91 Å². The molecule has 0 aliphatic carbocycles. The van der Waals surface area contributed by atoms with Gasteiger partial charge in [-0.25, -0.2) is 9.59 Å². The lowest BCUT2D eigenvalue weighted by molar-refractivity contribution is -0.144. The molecule has 1 heterocycles. The van der Waals surface area contributed by atoms with Gasteiger partial charge in [0.1, 0.15) is 6.04 Å². The van der Waals surface area contributed by atoms with E-state index in [0.29, 0.717) is 22.4 Å². The van der Waals surface area contributed by atoms with E-state index in [2.05, 4.69) is 10.3 Å². The molecule has 8 nitrogen and oxygen atoms in total. The maximum absolute atomic E-state index is 12.9. The summed E-state index contributed by atoms with van der Waals surface area (Å²) < 4.78 is 10.3. The van der Waals surface area contributed by atoms with Gasteiger partial charge in [-0.15, -0.1) is 0 Å². The minimum Gasteiger partial charge on any atom is -0.462 e. The van der Waals surface area contributed by atoms with Crippen molar-refractivity contribution in [1.29, 1.82) is 0 Å². The highest BCUT2D eigenvalue weighted by Gasteiger charge is 2.27. The molecule has 0 saturated carbocycles. The first-order valence-electron chi connectivity index (χ1n) is 11.3. The Bertz CT molecular complexity index is 1200. The second kappa shape index (κ2) is 11.8. The van der Waals surface area contributed by atoms with E-state index in [1.807, 2.05) is 30.3 Å². The van der Waals surface area contributed by atoms with Crippen molar-refractivity contribution in [2.75, 3.05) is 13.2 Å². The van der Waals surface area contributed by atoms with Crippen LogP contribution in [0.2, 0.25) is 0 Å². The molecule has 0 aliphatic heterocycles. The van der Waals surface area contributed by atoms with E-state index in [4.69, 9.17) is 9.47 Å². The number of nitrogens with one attached hydrogen (secondary N) is 2. The van der Waals surface area contributed by atoms with Gasteiger partial charge in [0.05, 0.1) is 17.9 Å². The third kappa shape index (κ3) is 6.44. The summed E-state index contributed by atoms with van der Waals surface area (Å²) in [7, 11) is 0. The number of ether oxygens (including phenoxy) is 2. The second-order valence-electron chi connectivity index (χ2n) is 7.96. The number of amides is 1. The zero-order valence-electron chi connectivity index (χ0n) is 19.9. The van der Waals surface area contributed by atoms with E-state index in [1.54, 1.807) is 51.1 Å². The SMILES string of the molecule is CCOC(=O)c1c(C)[nH]c(C(=O)COC(=O)[C@H](Cc2ccccc2)NC(=O)c2ccccc2)c1C. The number of H-pyrrole nitrogens is 1. The first-order valence-corrected chi connectivity index (χ1v) is 11.3. The quantitative estimate of drug-likeness (QED) is 0.342. The molecule has 1 aromatic heterocycles. The zero-order valence-corrected chi connectivity index (χ0v) is 19.9. The second-order valence-corrected chi connectivity index (χ2v) is 7.96. The Morgan fingerprint density at radius 3 is 2.17 bits per heavy atom. The Labute approximate surface area is 203 Å². The highest BCUT2D eigenvalue weighted by atomic mass is 16.5. The van der Waals surface area contributed by atoms with E-state index in [9.17, 15) is 19.2 Å². The maximum atomic E-state index is 12.9. The van der Waals surface area contributed by atoms with Crippen LogP contribution in [0.3, 0.4) is 0 Å². The molecule has 1 atom stereocenters. The van der Waals surface area contributed by atoms with Crippen LogP contribution < -0.4 is 5.32 Å². The Hall–Kier alpha value is -4.20. The molecule has 1 amide bonds. The van der Waals surface area contributed by atoms with Crippen molar-refractivity contribution in [3.63, 3.8) is 0 Å². The molecule has 3 aromatic rings. The number of aromatic nitrogens is 1. The number of aromatic amines is 1. The first kappa shape index (κ1) is 25.4. The van der Waals surface area contributed by atoms with Gasteiger partial charge in [-0.1, -0.05) is 48.5 Å². The van der Waals surface area contributed by atoms with Gasteiger partial charge in [0.15, 0.2) is 6.61 Å². The molecule has 0 bridgehead atoms. The van der Waals surface area contributed by atoms with E-state index in [1.165, 1.54) is 0 Å². The smallest absolute Gasteiger partial charge is 0.340 e. The van der Waals surface area contributed by atoms with Crippen LogP contribution in [0.25, 0.3) is 0 Å². The number of rotatable bonds is 10. The van der Waals surface area contributed by atoms with E-state index >= 15 is 0 Å². The van der Waals surface area contributed by atoms with Gasteiger partial charge in [-0.3, -0.25) is 9.59 Å². The standard InChI is InChI=1S/C27H28N2O6/c1-4-34-27(33)23-17(2)24(28-18(23)3)22(30)16-35-26(32)21(15-19-11-7-5-8-12-19)29-25(31)20-13-9-6-10-14-20/h5-14,21,28H,4,15-16H2,1-3H3,(H,29,31)/t21-/m0/s1. The number of Topliss-reactive ketones (excluding diaryl/α,β-unsaturated/α-hetero) is 1. The van der Waals surface area contributed by atoms with E-state index < -0.39 is 36.3 Å². The van der Waals surface area contributed by atoms with Crippen LogP contribution in [-0.2, 0) is 20.7 Å². The molecule has 35 heavy (non-hydrogen) atoms. The summed E-state index contributed by atoms with van der Waals surface area (Å²) in [6.45, 7) is 4.65. The highest BCUT2D eigenvalue weighted by Crippen LogP contribution is 2.20. The van der Waals surface area contributed by atoms with Crippen molar-refractivity contribution in [2.24, 2.45) is 0 Å².